The number of hydrogen-bond donors (Lipinski definition) is 1. The van der Waals surface area contributed by atoms with Crippen molar-refractivity contribution < 1.29 is 9.90 Å². The minimum Gasteiger partial charge on any atom is -0.481 e. The van der Waals surface area contributed by atoms with Crippen LogP contribution in [0.25, 0.3) is 0 Å². The first-order chi connectivity index (χ1) is 8.29. The minimum atomic E-state index is -0.681. The van der Waals surface area contributed by atoms with E-state index in [2.05, 4.69) is 24.3 Å². The zero-order chi connectivity index (χ0) is 12.3. The normalized spacial score (nSPS) is 10.4. The molecule has 1 rings (SSSR count). The van der Waals surface area contributed by atoms with Gasteiger partial charge in [0.1, 0.15) is 0 Å². The predicted molar refractivity (Wildman–Crippen MR) is 73.6 cm³/mol. The van der Waals surface area contributed by atoms with Crippen LogP contribution in [0.2, 0.25) is 0 Å². The van der Waals surface area contributed by atoms with Gasteiger partial charge in [0.15, 0.2) is 0 Å². The number of benzene rings is 1. The van der Waals surface area contributed by atoms with Gasteiger partial charge < -0.3 is 5.11 Å². The fourth-order valence-electron chi connectivity index (χ4n) is 1.61. The Hall–Kier alpha value is -0.960. The Morgan fingerprint density at radius 2 is 1.76 bits per heavy atom. The van der Waals surface area contributed by atoms with Gasteiger partial charge >= 0.3 is 5.97 Å². The van der Waals surface area contributed by atoms with Gasteiger partial charge in [-0.1, -0.05) is 30.3 Å². The SMILES string of the molecule is O=C(O)CCCCSCCCc1ccccc1. The molecule has 1 aromatic carbocycles. The lowest BCUT2D eigenvalue weighted by molar-refractivity contribution is -0.137. The molecule has 1 aromatic rings. The topological polar surface area (TPSA) is 37.3 Å². The largest absolute Gasteiger partial charge is 0.481 e. The van der Waals surface area contributed by atoms with Crippen molar-refractivity contribution in [2.24, 2.45) is 0 Å². The summed E-state index contributed by atoms with van der Waals surface area (Å²) < 4.78 is 0. The Kier molecular flexibility index (Phi) is 7.56. The fraction of sp³-hybridized carbons (Fsp3) is 0.500. The molecule has 0 heterocycles. The van der Waals surface area contributed by atoms with Crippen LogP contribution in [0.1, 0.15) is 31.2 Å². The summed E-state index contributed by atoms with van der Waals surface area (Å²) in [7, 11) is 0. The van der Waals surface area contributed by atoms with Gasteiger partial charge in [-0.2, -0.15) is 11.8 Å². The van der Waals surface area contributed by atoms with Crippen molar-refractivity contribution in [2.75, 3.05) is 11.5 Å². The Labute approximate surface area is 107 Å². The minimum absolute atomic E-state index is 0.310. The summed E-state index contributed by atoms with van der Waals surface area (Å²) in [5.74, 6) is 1.57. The van der Waals surface area contributed by atoms with E-state index in [-0.39, 0.29) is 0 Å². The Morgan fingerprint density at radius 3 is 2.47 bits per heavy atom. The highest BCUT2D eigenvalue weighted by Gasteiger charge is 1.97. The summed E-state index contributed by atoms with van der Waals surface area (Å²) in [5, 5.41) is 8.47. The van der Waals surface area contributed by atoms with Crippen molar-refractivity contribution in [1.29, 1.82) is 0 Å². The number of hydrogen-bond acceptors (Lipinski definition) is 2. The van der Waals surface area contributed by atoms with Crippen molar-refractivity contribution in [1.82, 2.24) is 0 Å². The molecule has 0 aliphatic rings. The van der Waals surface area contributed by atoms with Crippen LogP contribution in [0.5, 0.6) is 0 Å². The zero-order valence-electron chi connectivity index (χ0n) is 10.1. The molecule has 0 saturated heterocycles. The number of thioether (sulfide) groups is 1. The van der Waals surface area contributed by atoms with Crippen LogP contribution in [-0.2, 0) is 11.2 Å². The van der Waals surface area contributed by atoms with Crippen molar-refractivity contribution in [3.05, 3.63) is 35.9 Å². The highest BCUT2D eigenvalue weighted by molar-refractivity contribution is 7.99. The van der Waals surface area contributed by atoms with E-state index in [0.29, 0.717) is 6.42 Å². The van der Waals surface area contributed by atoms with E-state index >= 15 is 0 Å². The molecule has 0 spiro atoms. The molecule has 0 radical (unpaired) electrons. The van der Waals surface area contributed by atoms with Crippen LogP contribution in [-0.4, -0.2) is 22.6 Å². The van der Waals surface area contributed by atoms with E-state index in [0.717, 1.165) is 25.0 Å². The summed E-state index contributed by atoms with van der Waals surface area (Å²) in [6.45, 7) is 0. The summed E-state index contributed by atoms with van der Waals surface area (Å²) in [4.78, 5) is 10.3. The van der Waals surface area contributed by atoms with Crippen LogP contribution in [0.3, 0.4) is 0 Å². The standard InChI is InChI=1S/C14H20O2S/c15-14(16)10-4-5-11-17-12-6-9-13-7-2-1-3-8-13/h1-3,7-8H,4-6,9-12H2,(H,15,16). The predicted octanol–water partition coefficient (Wildman–Crippen LogP) is 3.61. The zero-order valence-corrected chi connectivity index (χ0v) is 10.9. The first-order valence-corrected chi connectivity index (χ1v) is 7.28. The molecule has 17 heavy (non-hydrogen) atoms. The van der Waals surface area contributed by atoms with E-state index in [4.69, 9.17) is 5.11 Å². The molecular formula is C14H20O2S. The van der Waals surface area contributed by atoms with Crippen molar-refractivity contribution in [3.8, 4) is 0 Å². The number of carbonyl (C=O) groups is 1. The van der Waals surface area contributed by atoms with Crippen molar-refractivity contribution in [2.45, 2.75) is 32.1 Å². The summed E-state index contributed by atoms with van der Waals surface area (Å²) in [6.07, 6.45) is 4.48. The van der Waals surface area contributed by atoms with Crippen molar-refractivity contribution in [3.63, 3.8) is 0 Å². The van der Waals surface area contributed by atoms with Crippen LogP contribution in [0.15, 0.2) is 30.3 Å². The molecule has 3 heteroatoms. The van der Waals surface area contributed by atoms with Crippen LogP contribution in [0, 0.1) is 0 Å². The molecule has 0 bridgehead atoms. The fourth-order valence-corrected chi connectivity index (χ4v) is 2.57. The number of aliphatic carboxylic acids is 1. The van der Waals surface area contributed by atoms with Crippen LogP contribution < -0.4 is 0 Å². The molecule has 0 amide bonds. The van der Waals surface area contributed by atoms with E-state index in [1.165, 1.54) is 17.7 Å². The van der Waals surface area contributed by atoms with Gasteiger partial charge in [-0.05, 0) is 42.8 Å². The molecule has 1 N–H and O–H groups in total. The lowest BCUT2D eigenvalue weighted by atomic mass is 10.1. The molecule has 0 saturated carbocycles. The molecule has 2 nitrogen and oxygen atoms in total. The second-order valence-corrected chi connectivity index (χ2v) is 5.28. The Bertz CT molecular complexity index is 311. The van der Waals surface area contributed by atoms with E-state index < -0.39 is 5.97 Å². The maximum Gasteiger partial charge on any atom is 0.303 e. The summed E-state index contributed by atoms with van der Waals surface area (Å²) in [5.41, 5.74) is 1.40. The average molecular weight is 252 g/mol. The lowest BCUT2D eigenvalue weighted by Gasteiger charge is -2.02. The lowest BCUT2D eigenvalue weighted by Crippen LogP contribution is -1.95. The van der Waals surface area contributed by atoms with Gasteiger partial charge in [0, 0.05) is 6.42 Å². The van der Waals surface area contributed by atoms with Crippen molar-refractivity contribution >= 4 is 17.7 Å². The molecule has 94 valence electrons. The Morgan fingerprint density at radius 1 is 1.06 bits per heavy atom. The molecule has 0 aromatic heterocycles. The van der Waals surface area contributed by atoms with Gasteiger partial charge in [-0.15, -0.1) is 0 Å². The van der Waals surface area contributed by atoms with Gasteiger partial charge in [0.2, 0.25) is 0 Å². The average Bonchev–Trinajstić information content (AvgIpc) is 2.33. The highest BCUT2D eigenvalue weighted by Crippen LogP contribution is 2.10. The third-order valence-corrected chi connectivity index (χ3v) is 3.68. The quantitative estimate of drug-likeness (QED) is 0.682. The third kappa shape index (κ3) is 7.86. The molecule has 0 unspecified atom stereocenters. The third-order valence-electron chi connectivity index (χ3n) is 2.53. The van der Waals surface area contributed by atoms with Gasteiger partial charge in [-0.25, -0.2) is 0 Å². The monoisotopic (exact) mass is 252 g/mol. The van der Waals surface area contributed by atoms with Crippen LogP contribution >= 0.6 is 11.8 Å². The first kappa shape index (κ1) is 14.1. The van der Waals surface area contributed by atoms with Gasteiger partial charge in [-0.3, -0.25) is 4.79 Å². The smallest absolute Gasteiger partial charge is 0.303 e. The summed E-state index contributed by atoms with van der Waals surface area (Å²) in [6, 6.07) is 10.5. The van der Waals surface area contributed by atoms with Crippen LogP contribution in [0.4, 0.5) is 0 Å². The summed E-state index contributed by atoms with van der Waals surface area (Å²) >= 11 is 1.93. The first-order valence-electron chi connectivity index (χ1n) is 6.12. The second kappa shape index (κ2) is 9.11. The maximum atomic E-state index is 10.3. The second-order valence-electron chi connectivity index (χ2n) is 4.05. The number of unbranched alkanes of at least 4 members (excludes halogenated alkanes) is 1. The molecule has 0 fully saturated rings. The number of aryl methyl sites for hydroxylation is 1. The van der Waals surface area contributed by atoms with Gasteiger partial charge in [0.05, 0.1) is 0 Å². The number of carboxylic acids is 1. The van der Waals surface area contributed by atoms with E-state index in [9.17, 15) is 4.79 Å². The number of carboxylic acid groups (broad SMARTS) is 1. The molecule has 0 aliphatic carbocycles. The Balaban J connectivity index is 1.90. The molecular weight excluding hydrogens is 232 g/mol. The highest BCUT2D eigenvalue weighted by atomic mass is 32.2. The number of rotatable bonds is 9. The maximum absolute atomic E-state index is 10.3. The van der Waals surface area contributed by atoms with E-state index in [1.807, 2.05) is 17.8 Å². The van der Waals surface area contributed by atoms with E-state index in [1.54, 1.807) is 0 Å². The molecule has 0 atom stereocenters. The molecule has 0 aliphatic heterocycles. The van der Waals surface area contributed by atoms with Gasteiger partial charge in [0.25, 0.3) is 0 Å².